The fraction of sp³-hybridized carbons (Fsp3) is 0.429. The van der Waals surface area contributed by atoms with Gasteiger partial charge < -0.3 is 9.69 Å². The number of rotatable bonds is 4. The molecule has 0 saturated heterocycles. The SMILES string of the molecule is C=CCC(=O)N(C)CC=O. The van der Waals surface area contributed by atoms with Gasteiger partial charge >= 0.3 is 0 Å². The van der Waals surface area contributed by atoms with E-state index >= 15 is 0 Å². The molecule has 0 radical (unpaired) electrons. The second-order valence-corrected chi connectivity index (χ2v) is 1.93. The number of nitrogens with zero attached hydrogens (tertiary/aromatic N) is 1. The third kappa shape index (κ3) is 3.02. The van der Waals surface area contributed by atoms with Crippen LogP contribution in [0.5, 0.6) is 0 Å². The molecule has 0 unspecified atom stereocenters. The van der Waals surface area contributed by atoms with Gasteiger partial charge in [-0.15, -0.1) is 6.58 Å². The molecular weight excluding hydrogens is 130 g/mol. The summed E-state index contributed by atoms with van der Waals surface area (Å²) in [7, 11) is 1.58. The van der Waals surface area contributed by atoms with Crippen molar-refractivity contribution in [1.82, 2.24) is 4.90 Å². The summed E-state index contributed by atoms with van der Waals surface area (Å²) in [5.41, 5.74) is 0. The van der Waals surface area contributed by atoms with Gasteiger partial charge in [-0.25, -0.2) is 0 Å². The van der Waals surface area contributed by atoms with Gasteiger partial charge in [0.2, 0.25) is 5.91 Å². The highest BCUT2D eigenvalue weighted by Gasteiger charge is 2.03. The van der Waals surface area contributed by atoms with E-state index in [1.54, 1.807) is 7.05 Å². The first-order valence-corrected chi connectivity index (χ1v) is 3.01. The van der Waals surface area contributed by atoms with Crippen LogP contribution in [0.15, 0.2) is 12.7 Å². The molecule has 0 saturated carbocycles. The van der Waals surface area contributed by atoms with E-state index in [1.807, 2.05) is 0 Å². The Morgan fingerprint density at radius 2 is 2.30 bits per heavy atom. The van der Waals surface area contributed by atoms with Crippen molar-refractivity contribution in [2.45, 2.75) is 6.42 Å². The smallest absolute Gasteiger partial charge is 0.226 e. The summed E-state index contributed by atoms with van der Waals surface area (Å²) in [6, 6.07) is 0. The Labute approximate surface area is 60.3 Å². The Kier molecular flexibility index (Phi) is 4.20. The van der Waals surface area contributed by atoms with Crippen molar-refractivity contribution in [2.75, 3.05) is 13.6 Å². The van der Waals surface area contributed by atoms with Crippen LogP contribution in [0.3, 0.4) is 0 Å². The van der Waals surface area contributed by atoms with Crippen molar-refractivity contribution in [3.63, 3.8) is 0 Å². The molecule has 0 aliphatic carbocycles. The molecule has 0 atom stereocenters. The maximum Gasteiger partial charge on any atom is 0.226 e. The van der Waals surface area contributed by atoms with Crippen molar-refractivity contribution in [2.24, 2.45) is 0 Å². The molecule has 0 aromatic heterocycles. The Hall–Kier alpha value is -1.12. The van der Waals surface area contributed by atoms with Crippen LogP contribution < -0.4 is 0 Å². The van der Waals surface area contributed by atoms with Crippen molar-refractivity contribution >= 4 is 12.2 Å². The van der Waals surface area contributed by atoms with E-state index in [0.717, 1.165) is 0 Å². The van der Waals surface area contributed by atoms with Gasteiger partial charge in [0.05, 0.1) is 6.54 Å². The van der Waals surface area contributed by atoms with E-state index in [2.05, 4.69) is 6.58 Å². The lowest BCUT2D eigenvalue weighted by Crippen LogP contribution is -2.27. The highest BCUT2D eigenvalue weighted by atomic mass is 16.2. The molecule has 3 nitrogen and oxygen atoms in total. The topological polar surface area (TPSA) is 37.4 Å². The molecule has 0 N–H and O–H groups in total. The lowest BCUT2D eigenvalue weighted by atomic mass is 10.4. The summed E-state index contributed by atoms with van der Waals surface area (Å²) in [5, 5.41) is 0. The zero-order chi connectivity index (χ0) is 7.98. The Balaban J connectivity index is 3.68. The zero-order valence-corrected chi connectivity index (χ0v) is 6.04. The van der Waals surface area contributed by atoms with E-state index < -0.39 is 0 Å². The molecule has 0 fully saturated rings. The molecule has 10 heavy (non-hydrogen) atoms. The Bertz CT molecular complexity index is 143. The number of hydrogen-bond donors (Lipinski definition) is 0. The monoisotopic (exact) mass is 141 g/mol. The highest BCUT2D eigenvalue weighted by molar-refractivity contribution is 5.79. The molecule has 0 bridgehead atoms. The van der Waals surface area contributed by atoms with E-state index in [4.69, 9.17) is 0 Å². The van der Waals surface area contributed by atoms with Crippen LogP contribution in [0.1, 0.15) is 6.42 Å². The molecule has 0 aromatic rings. The van der Waals surface area contributed by atoms with Crippen molar-refractivity contribution < 1.29 is 9.59 Å². The first-order chi connectivity index (χ1) is 4.72. The van der Waals surface area contributed by atoms with E-state index in [0.29, 0.717) is 12.7 Å². The molecule has 0 spiro atoms. The van der Waals surface area contributed by atoms with Crippen LogP contribution in [-0.4, -0.2) is 30.7 Å². The van der Waals surface area contributed by atoms with Gasteiger partial charge in [-0.3, -0.25) is 4.79 Å². The van der Waals surface area contributed by atoms with Crippen molar-refractivity contribution in [3.8, 4) is 0 Å². The summed E-state index contributed by atoms with van der Waals surface area (Å²) in [6.45, 7) is 3.57. The molecule has 0 aliphatic rings. The number of carbonyl (C=O) groups excluding carboxylic acids is 2. The van der Waals surface area contributed by atoms with Crippen molar-refractivity contribution in [3.05, 3.63) is 12.7 Å². The number of likely N-dealkylation sites (N-methyl/N-ethyl adjacent to an activating group) is 1. The number of carbonyl (C=O) groups is 2. The predicted molar refractivity (Wildman–Crippen MR) is 38.5 cm³/mol. The second-order valence-electron chi connectivity index (χ2n) is 1.93. The third-order valence-electron chi connectivity index (χ3n) is 1.09. The Morgan fingerprint density at radius 1 is 1.70 bits per heavy atom. The second kappa shape index (κ2) is 4.73. The molecular formula is C7H11NO2. The zero-order valence-electron chi connectivity index (χ0n) is 6.04. The van der Waals surface area contributed by atoms with E-state index in [9.17, 15) is 9.59 Å². The lowest BCUT2D eigenvalue weighted by Gasteiger charge is -2.11. The molecule has 3 heteroatoms. The first kappa shape index (κ1) is 8.88. The quantitative estimate of drug-likeness (QED) is 0.415. The van der Waals surface area contributed by atoms with E-state index in [-0.39, 0.29) is 12.5 Å². The van der Waals surface area contributed by atoms with Crippen LogP contribution in [0, 0.1) is 0 Å². The molecule has 0 aromatic carbocycles. The molecule has 0 heterocycles. The van der Waals surface area contributed by atoms with Gasteiger partial charge in [0.1, 0.15) is 6.29 Å². The Morgan fingerprint density at radius 3 is 2.70 bits per heavy atom. The number of amides is 1. The minimum atomic E-state index is -0.0814. The van der Waals surface area contributed by atoms with Crippen LogP contribution in [0.2, 0.25) is 0 Å². The van der Waals surface area contributed by atoms with Gasteiger partial charge in [-0.1, -0.05) is 6.08 Å². The highest BCUT2D eigenvalue weighted by Crippen LogP contribution is 1.88. The van der Waals surface area contributed by atoms with Crippen LogP contribution in [0.25, 0.3) is 0 Å². The minimum Gasteiger partial charge on any atom is -0.338 e. The molecule has 56 valence electrons. The normalized spacial score (nSPS) is 8.50. The fourth-order valence-corrected chi connectivity index (χ4v) is 0.493. The van der Waals surface area contributed by atoms with Crippen LogP contribution >= 0.6 is 0 Å². The average Bonchev–Trinajstić information content (AvgIpc) is 1.89. The number of aldehydes is 1. The molecule has 0 rings (SSSR count). The van der Waals surface area contributed by atoms with Gasteiger partial charge in [0.15, 0.2) is 0 Å². The molecule has 0 aliphatic heterocycles. The molecule has 1 amide bonds. The summed E-state index contributed by atoms with van der Waals surface area (Å²) < 4.78 is 0. The third-order valence-corrected chi connectivity index (χ3v) is 1.09. The first-order valence-electron chi connectivity index (χ1n) is 3.01. The predicted octanol–water partition coefficient (Wildman–Crippen LogP) is 0.220. The van der Waals surface area contributed by atoms with Gasteiger partial charge in [-0.05, 0) is 0 Å². The summed E-state index contributed by atoms with van der Waals surface area (Å²) in [6.07, 6.45) is 2.51. The number of hydrogen-bond acceptors (Lipinski definition) is 2. The van der Waals surface area contributed by atoms with Gasteiger partial charge in [0, 0.05) is 13.5 Å². The average molecular weight is 141 g/mol. The van der Waals surface area contributed by atoms with E-state index in [1.165, 1.54) is 11.0 Å². The summed E-state index contributed by atoms with van der Waals surface area (Å²) >= 11 is 0. The summed E-state index contributed by atoms with van der Waals surface area (Å²) in [5.74, 6) is -0.0814. The van der Waals surface area contributed by atoms with Crippen molar-refractivity contribution in [1.29, 1.82) is 0 Å². The minimum absolute atomic E-state index is 0.0814. The van der Waals surface area contributed by atoms with Gasteiger partial charge in [0.25, 0.3) is 0 Å². The van der Waals surface area contributed by atoms with Crippen LogP contribution in [0.4, 0.5) is 0 Å². The largest absolute Gasteiger partial charge is 0.338 e. The fourth-order valence-electron chi connectivity index (χ4n) is 0.493. The lowest BCUT2D eigenvalue weighted by molar-refractivity contribution is -0.130. The van der Waals surface area contributed by atoms with Crippen LogP contribution in [-0.2, 0) is 9.59 Å². The standard InChI is InChI=1S/C7H11NO2/c1-3-4-7(10)8(2)5-6-9/h3,6H,1,4-5H2,2H3. The maximum absolute atomic E-state index is 10.8. The van der Waals surface area contributed by atoms with Gasteiger partial charge in [-0.2, -0.15) is 0 Å². The maximum atomic E-state index is 10.8. The summed E-state index contributed by atoms with van der Waals surface area (Å²) in [4.78, 5) is 22.1.